The van der Waals surface area contributed by atoms with Crippen molar-refractivity contribution in [1.29, 1.82) is 0 Å². The molecule has 0 saturated carbocycles. The van der Waals surface area contributed by atoms with E-state index >= 15 is 0 Å². The molecular formula is C16H13Br2ClF2. The highest BCUT2D eigenvalue weighted by Gasteiger charge is 2.31. The SMILES string of the molecule is Fc1ccc(C(CBr)(CBr)Cc2ccc(F)cc2Cl)cc1. The summed E-state index contributed by atoms with van der Waals surface area (Å²) >= 11 is 13.2. The fourth-order valence-corrected chi connectivity index (χ4v) is 4.43. The lowest BCUT2D eigenvalue weighted by Gasteiger charge is -2.31. The molecule has 0 aromatic heterocycles. The Kier molecular flexibility index (Phi) is 5.81. The van der Waals surface area contributed by atoms with Gasteiger partial charge in [-0.1, -0.05) is 61.7 Å². The van der Waals surface area contributed by atoms with Gasteiger partial charge in [-0.05, 0) is 41.8 Å². The van der Waals surface area contributed by atoms with Crippen LogP contribution in [0, 0.1) is 11.6 Å². The summed E-state index contributed by atoms with van der Waals surface area (Å²) in [7, 11) is 0. The van der Waals surface area contributed by atoms with E-state index < -0.39 is 0 Å². The summed E-state index contributed by atoms with van der Waals surface area (Å²) in [5.41, 5.74) is 1.58. The third kappa shape index (κ3) is 3.85. The minimum Gasteiger partial charge on any atom is -0.207 e. The second-order valence-corrected chi connectivity index (χ2v) is 6.50. The summed E-state index contributed by atoms with van der Waals surface area (Å²) in [6, 6.07) is 10.9. The zero-order valence-electron chi connectivity index (χ0n) is 11.1. The molecule has 0 unspecified atom stereocenters. The summed E-state index contributed by atoms with van der Waals surface area (Å²) in [5.74, 6) is -0.620. The Morgan fingerprint density at radius 2 is 1.48 bits per heavy atom. The fraction of sp³-hybridized carbons (Fsp3) is 0.250. The molecule has 0 N–H and O–H groups in total. The number of alkyl halides is 2. The van der Waals surface area contributed by atoms with Crippen LogP contribution in [-0.2, 0) is 11.8 Å². The summed E-state index contributed by atoms with van der Waals surface area (Å²) in [5, 5.41) is 1.75. The van der Waals surface area contributed by atoms with Crippen molar-refractivity contribution in [2.75, 3.05) is 10.7 Å². The summed E-state index contributed by atoms with van der Waals surface area (Å²) < 4.78 is 26.3. The predicted molar refractivity (Wildman–Crippen MR) is 90.8 cm³/mol. The largest absolute Gasteiger partial charge is 0.207 e. The van der Waals surface area contributed by atoms with Gasteiger partial charge in [-0.3, -0.25) is 0 Å². The van der Waals surface area contributed by atoms with Crippen molar-refractivity contribution in [2.24, 2.45) is 0 Å². The van der Waals surface area contributed by atoms with Gasteiger partial charge < -0.3 is 0 Å². The molecule has 0 heterocycles. The van der Waals surface area contributed by atoms with E-state index in [2.05, 4.69) is 31.9 Å². The molecule has 2 aromatic carbocycles. The van der Waals surface area contributed by atoms with Crippen LogP contribution in [0.3, 0.4) is 0 Å². The van der Waals surface area contributed by atoms with Crippen molar-refractivity contribution in [3.05, 3.63) is 70.2 Å². The second-order valence-electron chi connectivity index (χ2n) is 4.97. The molecule has 0 aliphatic heterocycles. The van der Waals surface area contributed by atoms with Crippen LogP contribution in [0.2, 0.25) is 5.02 Å². The first-order chi connectivity index (χ1) is 10.0. The predicted octanol–water partition coefficient (Wildman–Crippen LogP) is 5.89. The van der Waals surface area contributed by atoms with E-state index in [4.69, 9.17) is 11.6 Å². The van der Waals surface area contributed by atoms with Crippen LogP contribution in [0.4, 0.5) is 8.78 Å². The lowest BCUT2D eigenvalue weighted by Crippen LogP contribution is -2.33. The van der Waals surface area contributed by atoms with E-state index in [9.17, 15) is 8.78 Å². The number of hydrogen-bond acceptors (Lipinski definition) is 0. The van der Waals surface area contributed by atoms with Gasteiger partial charge in [-0.2, -0.15) is 0 Å². The van der Waals surface area contributed by atoms with Crippen LogP contribution >= 0.6 is 43.5 Å². The molecule has 0 fully saturated rings. The number of benzene rings is 2. The molecule has 0 amide bonds. The van der Waals surface area contributed by atoms with Crippen LogP contribution in [-0.4, -0.2) is 10.7 Å². The first-order valence-electron chi connectivity index (χ1n) is 6.33. The number of rotatable bonds is 5. The van der Waals surface area contributed by atoms with Crippen molar-refractivity contribution in [3.8, 4) is 0 Å². The topological polar surface area (TPSA) is 0 Å². The minimum atomic E-state index is -0.353. The molecule has 0 radical (unpaired) electrons. The van der Waals surface area contributed by atoms with E-state index in [0.717, 1.165) is 11.1 Å². The van der Waals surface area contributed by atoms with Crippen molar-refractivity contribution in [2.45, 2.75) is 11.8 Å². The van der Waals surface area contributed by atoms with Crippen LogP contribution in [0.1, 0.15) is 11.1 Å². The molecule has 21 heavy (non-hydrogen) atoms. The van der Waals surface area contributed by atoms with Crippen molar-refractivity contribution >= 4 is 43.5 Å². The molecule has 0 aliphatic carbocycles. The lowest BCUT2D eigenvalue weighted by molar-refractivity contribution is 0.546. The first kappa shape index (κ1) is 16.9. The van der Waals surface area contributed by atoms with Gasteiger partial charge in [0, 0.05) is 21.1 Å². The average Bonchev–Trinajstić information content (AvgIpc) is 2.48. The maximum absolute atomic E-state index is 13.2. The van der Waals surface area contributed by atoms with Crippen molar-refractivity contribution < 1.29 is 8.78 Å². The molecule has 0 atom stereocenters. The maximum atomic E-state index is 13.2. The Hall–Kier alpha value is -0.450. The van der Waals surface area contributed by atoms with Gasteiger partial charge in [0.1, 0.15) is 11.6 Å². The van der Waals surface area contributed by atoms with Gasteiger partial charge in [-0.15, -0.1) is 0 Å². The normalized spacial score (nSPS) is 11.7. The van der Waals surface area contributed by atoms with Gasteiger partial charge in [0.15, 0.2) is 0 Å². The quantitative estimate of drug-likeness (QED) is 0.511. The van der Waals surface area contributed by atoms with E-state index in [1.165, 1.54) is 24.3 Å². The van der Waals surface area contributed by atoms with Gasteiger partial charge in [-0.25, -0.2) is 8.78 Å². The molecule has 2 aromatic rings. The van der Waals surface area contributed by atoms with Crippen LogP contribution < -0.4 is 0 Å². The van der Waals surface area contributed by atoms with Gasteiger partial charge >= 0.3 is 0 Å². The molecule has 112 valence electrons. The van der Waals surface area contributed by atoms with Crippen LogP contribution in [0.5, 0.6) is 0 Å². The smallest absolute Gasteiger partial charge is 0.124 e. The van der Waals surface area contributed by atoms with Crippen molar-refractivity contribution in [1.82, 2.24) is 0 Å². The van der Waals surface area contributed by atoms with E-state index in [0.29, 0.717) is 22.1 Å². The van der Waals surface area contributed by atoms with Crippen LogP contribution in [0.15, 0.2) is 42.5 Å². The van der Waals surface area contributed by atoms with E-state index in [-0.39, 0.29) is 17.0 Å². The number of halogens is 5. The molecule has 0 saturated heterocycles. The highest BCUT2D eigenvalue weighted by molar-refractivity contribution is 9.09. The summed E-state index contributed by atoms with van der Waals surface area (Å²) in [4.78, 5) is 0. The van der Waals surface area contributed by atoms with E-state index in [1.807, 2.05) is 0 Å². The summed E-state index contributed by atoms with van der Waals surface area (Å²) in [6.45, 7) is 0. The highest BCUT2D eigenvalue weighted by Crippen LogP contribution is 2.35. The molecule has 5 heteroatoms. The minimum absolute atomic E-state index is 0.267. The van der Waals surface area contributed by atoms with Gasteiger partial charge in [0.25, 0.3) is 0 Å². The Morgan fingerprint density at radius 3 is 2.00 bits per heavy atom. The Balaban J connectivity index is 2.40. The van der Waals surface area contributed by atoms with Gasteiger partial charge in [0.2, 0.25) is 0 Å². The third-order valence-electron chi connectivity index (χ3n) is 3.51. The van der Waals surface area contributed by atoms with E-state index in [1.54, 1.807) is 18.2 Å². The lowest BCUT2D eigenvalue weighted by atomic mass is 9.79. The molecule has 0 bridgehead atoms. The molecule has 0 spiro atoms. The highest BCUT2D eigenvalue weighted by atomic mass is 79.9. The summed E-state index contributed by atoms with van der Waals surface area (Å²) in [6.07, 6.45) is 0.619. The number of hydrogen-bond donors (Lipinski definition) is 0. The maximum Gasteiger partial charge on any atom is 0.124 e. The Morgan fingerprint density at radius 1 is 0.905 bits per heavy atom. The van der Waals surface area contributed by atoms with Crippen LogP contribution in [0.25, 0.3) is 0 Å². The van der Waals surface area contributed by atoms with Gasteiger partial charge in [0.05, 0.1) is 0 Å². The standard InChI is InChI=1S/C16H13Br2ClF2/c17-9-16(10-18,12-2-5-13(20)6-3-12)8-11-1-4-14(21)7-15(11)19/h1-7H,8-10H2. The van der Waals surface area contributed by atoms with Crippen molar-refractivity contribution in [3.63, 3.8) is 0 Å². The third-order valence-corrected chi connectivity index (χ3v) is 6.01. The average molecular weight is 439 g/mol. The monoisotopic (exact) mass is 436 g/mol. The first-order valence-corrected chi connectivity index (χ1v) is 8.95. The zero-order valence-corrected chi connectivity index (χ0v) is 15.0. The Labute approximate surface area is 144 Å². The second kappa shape index (κ2) is 7.21. The fourth-order valence-electron chi connectivity index (χ4n) is 2.22. The molecular weight excluding hydrogens is 425 g/mol. The molecule has 2 rings (SSSR count). The zero-order chi connectivity index (χ0) is 15.5. The Bertz CT molecular complexity index is 610. The molecule has 0 nitrogen and oxygen atoms in total. The molecule has 0 aliphatic rings.